The zero-order chi connectivity index (χ0) is 24.5. The molecule has 1 N–H and O–H groups in total. The summed E-state index contributed by atoms with van der Waals surface area (Å²) in [6, 6.07) is 11.9. The van der Waals surface area contributed by atoms with Gasteiger partial charge in [0, 0.05) is 35.6 Å². The third-order valence-corrected chi connectivity index (χ3v) is 7.31. The van der Waals surface area contributed by atoms with Gasteiger partial charge in [-0.05, 0) is 85.4 Å². The molecule has 7 nitrogen and oxygen atoms in total. The fraction of sp³-hybridized carbons (Fsp3) is 0.379. The van der Waals surface area contributed by atoms with Gasteiger partial charge in [-0.1, -0.05) is 12.1 Å². The topological polar surface area (TPSA) is 90.1 Å². The predicted octanol–water partition coefficient (Wildman–Crippen LogP) is 5.27. The molecule has 4 aromatic rings. The van der Waals surface area contributed by atoms with Gasteiger partial charge >= 0.3 is 5.97 Å². The molecule has 0 aliphatic heterocycles. The third kappa shape index (κ3) is 4.83. The predicted molar refractivity (Wildman–Crippen MR) is 136 cm³/mol. The van der Waals surface area contributed by atoms with Crippen LogP contribution < -0.4 is 4.74 Å². The fourth-order valence-corrected chi connectivity index (χ4v) is 5.22. The van der Waals surface area contributed by atoms with Crippen LogP contribution in [0.4, 0.5) is 0 Å². The molecule has 1 saturated carbocycles. The van der Waals surface area contributed by atoms with Gasteiger partial charge in [0.25, 0.3) is 0 Å². The highest BCUT2D eigenvalue weighted by molar-refractivity contribution is 5.81. The monoisotopic (exact) mass is 482 g/mol. The number of carboxylic acid groups (broad SMARTS) is 1. The highest BCUT2D eigenvalue weighted by Crippen LogP contribution is 2.40. The van der Waals surface area contributed by atoms with Crippen LogP contribution in [0.2, 0.25) is 0 Å². The number of carboxylic acids is 1. The highest BCUT2D eigenvalue weighted by atomic mass is 16.5. The lowest BCUT2D eigenvalue weighted by atomic mass is 9.96. The molecule has 36 heavy (non-hydrogen) atoms. The first-order chi connectivity index (χ1) is 17.6. The number of fused-ring (bicyclic) bond motifs is 2. The maximum absolute atomic E-state index is 11.7. The number of carbonyl (C=O) groups is 1. The number of ether oxygens (including phenoxy) is 1. The van der Waals surface area contributed by atoms with Crippen LogP contribution in [-0.2, 0) is 24.1 Å². The summed E-state index contributed by atoms with van der Waals surface area (Å²) in [5.41, 5.74) is 6.66. The smallest absolute Gasteiger partial charge is 0.305 e. The SMILES string of the molecule is O=C(O)CC(c1cncc(C2CC2)c1)n1ncc2cc(OCCc3ccc4c(n3)CCCC4)ccc21. The number of rotatable bonds is 9. The molecule has 7 heteroatoms. The molecule has 1 atom stereocenters. The molecule has 0 radical (unpaired) electrons. The number of nitrogens with zero attached hydrogens (tertiary/aromatic N) is 4. The molecular weight excluding hydrogens is 452 g/mol. The maximum Gasteiger partial charge on any atom is 0.305 e. The van der Waals surface area contributed by atoms with Crippen LogP contribution in [0.25, 0.3) is 10.9 Å². The van der Waals surface area contributed by atoms with Crippen molar-refractivity contribution in [1.82, 2.24) is 19.7 Å². The van der Waals surface area contributed by atoms with E-state index in [9.17, 15) is 9.90 Å². The number of aliphatic carboxylic acids is 1. The van der Waals surface area contributed by atoms with E-state index in [2.05, 4.69) is 28.3 Å². The summed E-state index contributed by atoms with van der Waals surface area (Å²) < 4.78 is 7.85. The maximum atomic E-state index is 11.7. The molecule has 2 aliphatic rings. The van der Waals surface area contributed by atoms with Crippen LogP contribution in [0, 0.1) is 0 Å². The quantitative estimate of drug-likeness (QED) is 0.350. The van der Waals surface area contributed by atoms with Crippen LogP contribution in [0.3, 0.4) is 0 Å². The average Bonchev–Trinajstić information content (AvgIpc) is 3.67. The first-order valence-electron chi connectivity index (χ1n) is 12.9. The average molecular weight is 483 g/mol. The summed E-state index contributed by atoms with van der Waals surface area (Å²) in [6.45, 7) is 0.548. The van der Waals surface area contributed by atoms with Crippen molar-refractivity contribution in [3.8, 4) is 5.75 Å². The molecule has 0 saturated heterocycles. The first kappa shape index (κ1) is 22.7. The molecule has 3 aromatic heterocycles. The Balaban J connectivity index is 1.18. The van der Waals surface area contributed by atoms with Crippen molar-refractivity contribution in [3.63, 3.8) is 0 Å². The van der Waals surface area contributed by atoms with E-state index in [0.717, 1.165) is 47.2 Å². The van der Waals surface area contributed by atoms with E-state index in [1.807, 2.05) is 24.4 Å². The van der Waals surface area contributed by atoms with Crippen LogP contribution >= 0.6 is 0 Å². The van der Waals surface area contributed by atoms with E-state index in [1.165, 1.54) is 42.5 Å². The van der Waals surface area contributed by atoms with Gasteiger partial charge < -0.3 is 9.84 Å². The van der Waals surface area contributed by atoms with Gasteiger partial charge in [0.15, 0.2) is 0 Å². The minimum Gasteiger partial charge on any atom is -0.493 e. The largest absolute Gasteiger partial charge is 0.493 e. The molecule has 3 heterocycles. The van der Waals surface area contributed by atoms with Gasteiger partial charge in [0.05, 0.1) is 30.8 Å². The minimum absolute atomic E-state index is 0.0569. The summed E-state index contributed by atoms with van der Waals surface area (Å²) in [5.74, 6) is 0.455. The zero-order valence-corrected chi connectivity index (χ0v) is 20.3. The lowest BCUT2D eigenvalue weighted by Gasteiger charge is -2.18. The zero-order valence-electron chi connectivity index (χ0n) is 20.3. The van der Waals surface area contributed by atoms with Crippen molar-refractivity contribution in [2.45, 2.75) is 63.3 Å². The Morgan fingerprint density at radius 2 is 1.97 bits per heavy atom. The van der Waals surface area contributed by atoms with Crippen LogP contribution in [0.15, 0.2) is 55.0 Å². The van der Waals surface area contributed by atoms with E-state index < -0.39 is 12.0 Å². The Morgan fingerprint density at radius 3 is 2.83 bits per heavy atom. The molecule has 6 rings (SSSR count). The second kappa shape index (κ2) is 9.72. The molecule has 0 bridgehead atoms. The lowest BCUT2D eigenvalue weighted by molar-refractivity contribution is -0.137. The van der Waals surface area contributed by atoms with Crippen LogP contribution in [0.1, 0.15) is 72.1 Å². The number of aryl methyl sites for hydroxylation is 2. The summed E-state index contributed by atoms with van der Waals surface area (Å²) in [4.78, 5) is 21.0. The van der Waals surface area contributed by atoms with Gasteiger partial charge in [-0.25, -0.2) is 0 Å². The van der Waals surface area contributed by atoms with Crippen LogP contribution in [-0.4, -0.2) is 37.4 Å². The number of benzene rings is 1. The second-order valence-corrected chi connectivity index (χ2v) is 9.96. The molecule has 1 fully saturated rings. The molecule has 1 unspecified atom stereocenters. The molecule has 0 spiro atoms. The number of aromatic nitrogens is 4. The number of hydrogen-bond acceptors (Lipinski definition) is 5. The highest BCUT2D eigenvalue weighted by Gasteiger charge is 2.26. The minimum atomic E-state index is -0.865. The van der Waals surface area contributed by atoms with E-state index in [4.69, 9.17) is 9.72 Å². The van der Waals surface area contributed by atoms with E-state index in [1.54, 1.807) is 17.1 Å². The van der Waals surface area contributed by atoms with Crippen molar-refractivity contribution in [3.05, 3.63) is 83.1 Å². The summed E-state index contributed by atoms with van der Waals surface area (Å²) in [7, 11) is 0. The van der Waals surface area contributed by atoms with Crippen molar-refractivity contribution >= 4 is 16.9 Å². The standard InChI is InChI=1S/C29H30N4O3/c34-29(35)15-28(22-13-21(16-30-17-22)19-5-6-19)33-27-10-9-25(14-23(27)18-31-33)36-12-11-24-8-7-20-3-1-2-4-26(20)32-24/h7-10,13-14,16-19,28H,1-6,11-12,15H2,(H,34,35). The number of pyridine rings is 2. The summed E-state index contributed by atoms with van der Waals surface area (Å²) in [6.07, 6.45) is 13.2. The van der Waals surface area contributed by atoms with Gasteiger partial charge in [-0.2, -0.15) is 5.10 Å². The van der Waals surface area contributed by atoms with Gasteiger partial charge in [0.2, 0.25) is 0 Å². The molecule has 0 amide bonds. The number of hydrogen-bond donors (Lipinski definition) is 1. The molecule has 184 valence electrons. The second-order valence-electron chi connectivity index (χ2n) is 9.96. The van der Waals surface area contributed by atoms with Crippen molar-refractivity contribution < 1.29 is 14.6 Å². The van der Waals surface area contributed by atoms with Crippen molar-refractivity contribution in [2.75, 3.05) is 6.61 Å². The summed E-state index contributed by atoms with van der Waals surface area (Å²) >= 11 is 0. The van der Waals surface area contributed by atoms with E-state index in [0.29, 0.717) is 12.5 Å². The Labute approximate surface area is 210 Å². The van der Waals surface area contributed by atoms with Gasteiger partial charge in [-0.15, -0.1) is 0 Å². The first-order valence-corrected chi connectivity index (χ1v) is 12.9. The van der Waals surface area contributed by atoms with Gasteiger partial charge in [0.1, 0.15) is 5.75 Å². The Hall–Kier alpha value is -3.74. The molecular formula is C29H30N4O3. The van der Waals surface area contributed by atoms with Gasteiger partial charge in [-0.3, -0.25) is 19.4 Å². The van der Waals surface area contributed by atoms with E-state index >= 15 is 0 Å². The Morgan fingerprint density at radius 1 is 1.08 bits per heavy atom. The van der Waals surface area contributed by atoms with Crippen molar-refractivity contribution in [1.29, 1.82) is 0 Å². The molecule has 2 aliphatic carbocycles. The normalized spacial score (nSPS) is 16.0. The van der Waals surface area contributed by atoms with E-state index in [-0.39, 0.29) is 6.42 Å². The van der Waals surface area contributed by atoms with Crippen LogP contribution in [0.5, 0.6) is 5.75 Å². The van der Waals surface area contributed by atoms with Crippen molar-refractivity contribution in [2.24, 2.45) is 0 Å². The summed E-state index contributed by atoms with van der Waals surface area (Å²) in [5, 5.41) is 15.1. The third-order valence-electron chi connectivity index (χ3n) is 7.31. The molecule has 1 aromatic carbocycles. The Kier molecular flexibility index (Phi) is 6.13. The Bertz CT molecular complexity index is 1410. The lowest BCUT2D eigenvalue weighted by Crippen LogP contribution is -2.16. The fourth-order valence-electron chi connectivity index (χ4n) is 5.22.